The van der Waals surface area contributed by atoms with Crippen LogP contribution in [0.15, 0.2) is 77.7 Å². The van der Waals surface area contributed by atoms with Crippen molar-refractivity contribution in [2.24, 2.45) is 0 Å². The van der Waals surface area contributed by atoms with Crippen LogP contribution in [0.25, 0.3) is 0 Å². The number of nitrogens with one attached hydrogen (secondary N) is 1. The number of hydrogen-bond donors (Lipinski definition) is 2. The minimum Gasteiger partial charge on any atom is -0.288 e. The molecule has 0 saturated heterocycles. The molecule has 1 heterocycles. The van der Waals surface area contributed by atoms with Gasteiger partial charge in [-0.3, -0.25) is 14.9 Å². The van der Waals surface area contributed by atoms with Crippen molar-refractivity contribution in [1.29, 1.82) is 0 Å². The van der Waals surface area contributed by atoms with Gasteiger partial charge in [0.15, 0.2) is 0 Å². The van der Waals surface area contributed by atoms with Crippen LogP contribution in [0.2, 0.25) is 5.02 Å². The zero-order valence-corrected chi connectivity index (χ0v) is 18.2. The van der Waals surface area contributed by atoms with Crippen LogP contribution < -0.4 is 10.4 Å². The lowest BCUT2D eigenvalue weighted by molar-refractivity contribution is 0.0706. The molecule has 0 unspecified atom stereocenters. The highest BCUT2D eigenvalue weighted by Gasteiger charge is 2.41. The molecular formula is C22H18ClN3O5S. The third kappa shape index (κ3) is 4.05. The molecule has 0 spiro atoms. The SMILES string of the molecule is O=C(NO)c1ccc(CN2C(=O)N(Cc3ccccc3)c3ccc(Cl)cc3S2(=O)=O)cc1. The molecule has 3 aromatic rings. The lowest BCUT2D eigenvalue weighted by atomic mass is 10.1. The number of amides is 3. The minimum absolute atomic E-state index is 0.0585. The van der Waals surface area contributed by atoms with Gasteiger partial charge in [0.05, 0.1) is 18.8 Å². The zero-order chi connectivity index (χ0) is 22.9. The van der Waals surface area contributed by atoms with Crippen LogP contribution in [0.1, 0.15) is 21.5 Å². The number of anilines is 1. The van der Waals surface area contributed by atoms with E-state index in [1.54, 1.807) is 6.07 Å². The van der Waals surface area contributed by atoms with Crippen LogP contribution >= 0.6 is 11.6 Å². The summed E-state index contributed by atoms with van der Waals surface area (Å²) in [7, 11) is -4.17. The van der Waals surface area contributed by atoms with E-state index in [0.29, 0.717) is 5.56 Å². The molecule has 0 aliphatic carbocycles. The largest absolute Gasteiger partial charge is 0.339 e. The van der Waals surface area contributed by atoms with Gasteiger partial charge in [0.2, 0.25) is 0 Å². The Morgan fingerprint density at radius 3 is 2.25 bits per heavy atom. The van der Waals surface area contributed by atoms with E-state index in [0.717, 1.165) is 9.87 Å². The quantitative estimate of drug-likeness (QED) is 0.435. The first-order valence-corrected chi connectivity index (χ1v) is 11.3. The summed E-state index contributed by atoms with van der Waals surface area (Å²) in [5.41, 5.74) is 3.30. The third-order valence-corrected chi connectivity index (χ3v) is 7.04. The number of sulfonamides is 1. The van der Waals surface area contributed by atoms with E-state index >= 15 is 0 Å². The van der Waals surface area contributed by atoms with E-state index in [9.17, 15) is 18.0 Å². The fraction of sp³-hybridized carbons (Fsp3) is 0.0909. The lowest BCUT2D eigenvalue weighted by Crippen LogP contribution is -2.50. The number of hydroxylamine groups is 1. The van der Waals surface area contributed by atoms with E-state index in [1.165, 1.54) is 46.8 Å². The Morgan fingerprint density at radius 2 is 1.59 bits per heavy atom. The summed E-state index contributed by atoms with van der Waals surface area (Å²) >= 11 is 6.07. The van der Waals surface area contributed by atoms with Gasteiger partial charge >= 0.3 is 6.03 Å². The molecule has 0 aromatic heterocycles. The molecular weight excluding hydrogens is 454 g/mol. The summed E-state index contributed by atoms with van der Waals surface area (Å²) < 4.78 is 27.4. The Balaban J connectivity index is 1.73. The Bertz CT molecular complexity index is 1280. The van der Waals surface area contributed by atoms with Crippen LogP contribution in [0.4, 0.5) is 10.5 Å². The second kappa shape index (κ2) is 8.62. The van der Waals surface area contributed by atoms with Crippen molar-refractivity contribution >= 4 is 39.2 Å². The molecule has 2 N–H and O–H groups in total. The number of rotatable bonds is 5. The lowest BCUT2D eigenvalue weighted by Gasteiger charge is -2.36. The third-order valence-electron chi connectivity index (χ3n) is 5.05. The Morgan fingerprint density at radius 1 is 0.938 bits per heavy atom. The molecule has 3 amide bonds. The smallest absolute Gasteiger partial charge is 0.288 e. The molecule has 1 aliphatic heterocycles. The van der Waals surface area contributed by atoms with E-state index in [2.05, 4.69) is 0 Å². The molecule has 164 valence electrons. The Kier molecular flexibility index (Phi) is 5.88. The minimum atomic E-state index is -4.17. The fourth-order valence-corrected chi connectivity index (χ4v) is 5.26. The number of benzene rings is 3. The van der Waals surface area contributed by atoms with Gasteiger partial charge in [-0.2, -0.15) is 0 Å². The summed E-state index contributed by atoms with van der Waals surface area (Å²) in [4.78, 5) is 26.2. The first-order valence-electron chi connectivity index (χ1n) is 9.52. The number of carbonyl (C=O) groups is 2. The maximum atomic E-state index is 13.4. The molecule has 0 saturated carbocycles. The summed E-state index contributed by atoms with van der Waals surface area (Å²) in [6.07, 6.45) is 0. The Hall–Kier alpha value is -3.40. The second-order valence-electron chi connectivity index (χ2n) is 7.12. The molecule has 4 rings (SSSR count). The Labute approximate surface area is 189 Å². The number of urea groups is 1. The maximum absolute atomic E-state index is 13.4. The van der Waals surface area contributed by atoms with Crippen molar-refractivity contribution < 1.29 is 23.2 Å². The van der Waals surface area contributed by atoms with Gasteiger partial charge in [-0.1, -0.05) is 54.1 Å². The standard InChI is InChI=1S/C22H18ClN3O5S/c23-18-10-11-19-20(12-18)32(30,31)26(14-16-6-8-17(9-7-16)21(27)24-29)22(28)25(19)13-15-4-2-1-3-5-15/h1-12,29H,13-14H2,(H,24,27). The number of fused-ring (bicyclic) bond motifs is 1. The number of halogens is 1. The van der Waals surface area contributed by atoms with Gasteiger partial charge in [-0.05, 0) is 41.5 Å². The molecule has 10 heteroatoms. The van der Waals surface area contributed by atoms with Gasteiger partial charge in [0, 0.05) is 10.6 Å². The predicted molar refractivity (Wildman–Crippen MR) is 118 cm³/mol. The van der Waals surface area contributed by atoms with Crippen LogP contribution in [0.5, 0.6) is 0 Å². The summed E-state index contributed by atoms with van der Waals surface area (Å²) in [5.74, 6) is -0.698. The van der Waals surface area contributed by atoms with E-state index < -0.39 is 22.0 Å². The monoisotopic (exact) mass is 471 g/mol. The van der Waals surface area contributed by atoms with Crippen molar-refractivity contribution in [3.8, 4) is 0 Å². The predicted octanol–water partition coefficient (Wildman–Crippen LogP) is 3.79. The number of carbonyl (C=O) groups excluding carboxylic acids is 2. The highest BCUT2D eigenvalue weighted by Crippen LogP contribution is 2.37. The fourth-order valence-electron chi connectivity index (χ4n) is 3.44. The van der Waals surface area contributed by atoms with Crippen LogP contribution in [0, 0.1) is 0 Å². The second-order valence-corrected chi connectivity index (χ2v) is 9.38. The van der Waals surface area contributed by atoms with Crippen molar-refractivity contribution in [3.63, 3.8) is 0 Å². The molecule has 1 aliphatic rings. The zero-order valence-electron chi connectivity index (χ0n) is 16.6. The number of hydrogen-bond acceptors (Lipinski definition) is 5. The van der Waals surface area contributed by atoms with Gasteiger partial charge < -0.3 is 0 Å². The molecule has 3 aromatic carbocycles. The molecule has 0 atom stereocenters. The maximum Gasteiger partial charge on any atom is 0.339 e. The van der Waals surface area contributed by atoms with Gasteiger partial charge in [0.1, 0.15) is 4.90 Å². The van der Waals surface area contributed by atoms with Crippen LogP contribution in [0.3, 0.4) is 0 Å². The molecule has 8 nitrogen and oxygen atoms in total. The summed E-state index contributed by atoms with van der Waals surface area (Å²) in [6.45, 7) is -0.0602. The van der Waals surface area contributed by atoms with E-state index in [4.69, 9.17) is 16.8 Å². The van der Waals surface area contributed by atoms with Crippen molar-refractivity contribution in [2.75, 3.05) is 4.90 Å². The van der Waals surface area contributed by atoms with Gasteiger partial charge in [-0.25, -0.2) is 23.0 Å². The first kappa shape index (κ1) is 21.8. The first-order chi connectivity index (χ1) is 15.3. The highest BCUT2D eigenvalue weighted by molar-refractivity contribution is 7.90. The summed E-state index contributed by atoms with van der Waals surface area (Å²) in [5, 5.41) is 8.98. The average Bonchev–Trinajstić information content (AvgIpc) is 2.80. The van der Waals surface area contributed by atoms with Gasteiger partial charge in [0.25, 0.3) is 15.9 Å². The average molecular weight is 472 g/mol. The van der Waals surface area contributed by atoms with Crippen molar-refractivity contribution in [2.45, 2.75) is 18.0 Å². The molecule has 0 bridgehead atoms. The van der Waals surface area contributed by atoms with E-state index in [1.807, 2.05) is 30.3 Å². The topological polar surface area (TPSA) is 107 Å². The molecule has 0 fully saturated rings. The van der Waals surface area contributed by atoms with E-state index in [-0.39, 0.29) is 34.3 Å². The normalized spacial score (nSPS) is 14.8. The van der Waals surface area contributed by atoms with Crippen molar-refractivity contribution in [1.82, 2.24) is 9.79 Å². The van der Waals surface area contributed by atoms with Crippen LogP contribution in [-0.4, -0.2) is 29.9 Å². The highest BCUT2D eigenvalue weighted by atomic mass is 35.5. The molecule has 32 heavy (non-hydrogen) atoms. The molecule has 0 radical (unpaired) electrons. The van der Waals surface area contributed by atoms with Gasteiger partial charge in [-0.15, -0.1) is 0 Å². The van der Waals surface area contributed by atoms with Crippen molar-refractivity contribution in [3.05, 3.63) is 94.5 Å². The summed E-state index contributed by atoms with van der Waals surface area (Å²) in [6, 6.07) is 18.8. The number of nitrogens with zero attached hydrogens (tertiary/aromatic N) is 2. The van der Waals surface area contributed by atoms with Crippen LogP contribution in [-0.2, 0) is 23.1 Å².